The Morgan fingerprint density at radius 3 is 2.43 bits per heavy atom. The van der Waals surface area contributed by atoms with Crippen molar-refractivity contribution >= 4 is 11.6 Å². The number of hydrogen-bond donors (Lipinski definition) is 1. The van der Waals surface area contributed by atoms with Crippen molar-refractivity contribution in [3.63, 3.8) is 0 Å². The smallest absolute Gasteiger partial charge is 0.0406 e. The maximum absolute atomic E-state index is 6.04. The van der Waals surface area contributed by atoms with Crippen LogP contribution in [0.2, 0.25) is 5.02 Å². The van der Waals surface area contributed by atoms with Gasteiger partial charge in [-0.05, 0) is 56.0 Å². The number of rotatable bonds is 6. The zero-order chi connectivity index (χ0) is 15.2. The monoisotopic (exact) mass is 308 g/mol. The molecule has 0 heterocycles. The van der Waals surface area contributed by atoms with Crippen molar-refractivity contribution < 1.29 is 0 Å². The first-order chi connectivity index (χ1) is 10.2. The van der Waals surface area contributed by atoms with Crippen molar-refractivity contribution in [1.82, 2.24) is 4.90 Å². The van der Waals surface area contributed by atoms with Gasteiger partial charge in [0.25, 0.3) is 0 Å². The highest BCUT2D eigenvalue weighted by Gasteiger charge is 2.32. The van der Waals surface area contributed by atoms with E-state index < -0.39 is 0 Å². The molecule has 1 fully saturated rings. The summed E-state index contributed by atoms with van der Waals surface area (Å²) >= 11 is 6.04. The first-order valence-electron chi connectivity index (χ1n) is 8.42. The fourth-order valence-electron chi connectivity index (χ4n) is 3.93. The van der Waals surface area contributed by atoms with Crippen molar-refractivity contribution in [3.05, 3.63) is 34.9 Å². The minimum absolute atomic E-state index is 0.476. The molecule has 21 heavy (non-hydrogen) atoms. The summed E-state index contributed by atoms with van der Waals surface area (Å²) in [5.74, 6) is 0.653. The van der Waals surface area contributed by atoms with Crippen LogP contribution in [0, 0.1) is 5.92 Å². The highest BCUT2D eigenvalue weighted by molar-refractivity contribution is 6.30. The van der Waals surface area contributed by atoms with Gasteiger partial charge in [-0.25, -0.2) is 0 Å². The highest BCUT2D eigenvalue weighted by atomic mass is 35.5. The van der Waals surface area contributed by atoms with E-state index in [2.05, 4.69) is 30.9 Å². The normalized spacial score (nSPS) is 24.2. The summed E-state index contributed by atoms with van der Waals surface area (Å²) in [5, 5.41) is 0.814. The Morgan fingerprint density at radius 2 is 1.86 bits per heavy atom. The van der Waals surface area contributed by atoms with Gasteiger partial charge in [0.2, 0.25) is 0 Å². The molecule has 118 valence electrons. The van der Waals surface area contributed by atoms with Crippen molar-refractivity contribution in [2.75, 3.05) is 13.1 Å². The van der Waals surface area contributed by atoms with E-state index in [1.807, 2.05) is 12.1 Å². The van der Waals surface area contributed by atoms with Crippen LogP contribution in [-0.4, -0.2) is 24.0 Å². The lowest BCUT2D eigenvalue weighted by Gasteiger charge is -2.43. The van der Waals surface area contributed by atoms with Crippen molar-refractivity contribution in [3.8, 4) is 0 Å². The Balaban J connectivity index is 2.21. The van der Waals surface area contributed by atoms with E-state index in [9.17, 15) is 0 Å². The molecule has 0 saturated heterocycles. The maximum atomic E-state index is 6.04. The largest absolute Gasteiger partial charge is 0.330 e. The van der Waals surface area contributed by atoms with E-state index in [1.165, 1.54) is 31.2 Å². The van der Waals surface area contributed by atoms with Gasteiger partial charge in [-0.1, -0.05) is 50.4 Å². The number of hydrogen-bond acceptors (Lipinski definition) is 2. The van der Waals surface area contributed by atoms with Crippen LogP contribution in [0.1, 0.15) is 57.6 Å². The van der Waals surface area contributed by atoms with E-state index in [0.29, 0.717) is 18.0 Å². The molecule has 3 atom stereocenters. The highest BCUT2D eigenvalue weighted by Crippen LogP contribution is 2.35. The molecule has 1 aliphatic carbocycles. The van der Waals surface area contributed by atoms with Crippen LogP contribution >= 0.6 is 11.6 Å². The SMILES string of the molecule is CCC(c1ccc(Cl)cc1)N(CC)C1CCCCC1CN. The van der Waals surface area contributed by atoms with Crippen molar-refractivity contribution in [1.29, 1.82) is 0 Å². The summed E-state index contributed by atoms with van der Waals surface area (Å²) in [6, 6.07) is 9.49. The molecule has 2 N–H and O–H groups in total. The zero-order valence-corrected chi connectivity index (χ0v) is 14.1. The Morgan fingerprint density at radius 1 is 1.19 bits per heavy atom. The second-order valence-corrected chi connectivity index (χ2v) is 6.59. The molecule has 1 aromatic carbocycles. The minimum Gasteiger partial charge on any atom is -0.330 e. The fraction of sp³-hybridized carbons (Fsp3) is 0.667. The summed E-state index contributed by atoms with van der Waals surface area (Å²) in [6.45, 7) is 6.46. The molecule has 0 bridgehead atoms. The summed E-state index contributed by atoms with van der Waals surface area (Å²) in [4.78, 5) is 2.68. The number of halogens is 1. The van der Waals surface area contributed by atoms with Gasteiger partial charge < -0.3 is 5.73 Å². The van der Waals surface area contributed by atoms with Gasteiger partial charge in [0.15, 0.2) is 0 Å². The second-order valence-electron chi connectivity index (χ2n) is 6.15. The van der Waals surface area contributed by atoms with Gasteiger partial charge in [0.1, 0.15) is 0 Å². The lowest BCUT2D eigenvalue weighted by atomic mass is 9.82. The average molecular weight is 309 g/mol. The number of benzene rings is 1. The first kappa shape index (κ1) is 16.8. The molecule has 2 rings (SSSR count). The van der Waals surface area contributed by atoms with Gasteiger partial charge in [0.05, 0.1) is 0 Å². The van der Waals surface area contributed by atoms with E-state index >= 15 is 0 Å². The van der Waals surface area contributed by atoms with Gasteiger partial charge in [-0.15, -0.1) is 0 Å². The summed E-state index contributed by atoms with van der Waals surface area (Å²) in [7, 11) is 0. The third-order valence-corrected chi connectivity index (χ3v) is 5.26. The predicted octanol–water partition coefficient (Wildman–Crippen LogP) is 4.63. The Labute approximate surface area is 134 Å². The number of nitrogens with zero attached hydrogens (tertiary/aromatic N) is 1. The van der Waals surface area contributed by atoms with Gasteiger partial charge in [-0.2, -0.15) is 0 Å². The van der Waals surface area contributed by atoms with Crippen LogP contribution < -0.4 is 5.73 Å². The van der Waals surface area contributed by atoms with E-state index in [-0.39, 0.29) is 0 Å². The van der Waals surface area contributed by atoms with E-state index in [4.69, 9.17) is 17.3 Å². The fourth-order valence-corrected chi connectivity index (χ4v) is 4.06. The van der Waals surface area contributed by atoms with E-state index in [1.54, 1.807) is 0 Å². The summed E-state index contributed by atoms with van der Waals surface area (Å²) in [6.07, 6.45) is 6.39. The summed E-state index contributed by atoms with van der Waals surface area (Å²) in [5.41, 5.74) is 7.42. The molecule has 3 heteroatoms. The minimum atomic E-state index is 0.476. The van der Waals surface area contributed by atoms with Crippen molar-refractivity contribution in [2.45, 2.75) is 58.0 Å². The Bertz CT molecular complexity index is 418. The van der Waals surface area contributed by atoms with Gasteiger partial charge >= 0.3 is 0 Å². The molecule has 0 spiro atoms. The van der Waals surface area contributed by atoms with Crippen LogP contribution in [0.3, 0.4) is 0 Å². The third kappa shape index (κ3) is 4.00. The molecule has 0 aromatic heterocycles. The molecule has 1 aliphatic rings. The molecule has 1 aromatic rings. The molecule has 0 amide bonds. The zero-order valence-electron chi connectivity index (χ0n) is 13.4. The Hall–Kier alpha value is -0.570. The van der Waals surface area contributed by atoms with Crippen LogP contribution in [0.4, 0.5) is 0 Å². The quantitative estimate of drug-likeness (QED) is 0.830. The molecule has 0 aliphatic heterocycles. The maximum Gasteiger partial charge on any atom is 0.0406 e. The second kappa shape index (κ2) is 8.17. The van der Waals surface area contributed by atoms with Crippen LogP contribution in [0.15, 0.2) is 24.3 Å². The van der Waals surface area contributed by atoms with Crippen molar-refractivity contribution in [2.24, 2.45) is 11.7 Å². The Kier molecular flexibility index (Phi) is 6.53. The summed E-state index contributed by atoms with van der Waals surface area (Å²) < 4.78 is 0. The molecule has 3 unspecified atom stereocenters. The standard InChI is InChI=1S/C18H29ClN2/c1-3-17(14-9-11-16(19)12-10-14)21(4-2)18-8-6-5-7-15(18)13-20/h9-12,15,17-18H,3-8,13,20H2,1-2H3. The van der Waals surface area contributed by atoms with Crippen LogP contribution in [-0.2, 0) is 0 Å². The lowest BCUT2D eigenvalue weighted by molar-refractivity contribution is 0.0678. The molecule has 1 saturated carbocycles. The predicted molar refractivity (Wildman–Crippen MR) is 91.7 cm³/mol. The van der Waals surface area contributed by atoms with Crippen LogP contribution in [0.5, 0.6) is 0 Å². The molecular weight excluding hydrogens is 280 g/mol. The first-order valence-corrected chi connectivity index (χ1v) is 8.80. The lowest BCUT2D eigenvalue weighted by Crippen LogP contribution is -2.46. The number of nitrogens with two attached hydrogens (primary N) is 1. The van der Waals surface area contributed by atoms with Gasteiger partial charge in [-0.3, -0.25) is 4.90 Å². The molecule has 0 radical (unpaired) electrons. The molecular formula is C18H29ClN2. The molecule has 2 nitrogen and oxygen atoms in total. The topological polar surface area (TPSA) is 29.3 Å². The van der Waals surface area contributed by atoms with Gasteiger partial charge in [0, 0.05) is 17.1 Å². The van der Waals surface area contributed by atoms with E-state index in [0.717, 1.165) is 24.5 Å². The average Bonchev–Trinajstić information content (AvgIpc) is 2.53. The third-order valence-electron chi connectivity index (χ3n) is 5.00. The van der Waals surface area contributed by atoms with Crippen LogP contribution in [0.25, 0.3) is 0 Å².